The summed E-state index contributed by atoms with van der Waals surface area (Å²) in [6.45, 7) is 2.70. The van der Waals surface area contributed by atoms with Crippen molar-refractivity contribution in [3.05, 3.63) is 70.8 Å². The fourth-order valence-electron chi connectivity index (χ4n) is 2.43. The van der Waals surface area contributed by atoms with E-state index in [0.29, 0.717) is 6.54 Å². The summed E-state index contributed by atoms with van der Waals surface area (Å²) in [6.07, 6.45) is 2.82. The third-order valence-electron chi connectivity index (χ3n) is 3.40. The van der Waals surface area contributed by atoms with Gasteiger partial charge in [0.25, 0.3) is 0 Å². The monoisotopic (exact) mass is 267 g/mol. The fraction of sp³-hybridized carbons (Fsp3) is 0.278. The molecule has 2 nitrogen and oxygen atoms in total. The second-order valence-corrected chi connectivity index (χ2v) is 4.98. The molecule has 2 N–H and O–H groups in total. The van der Waals surface area contributed by atoms with Crippen LogP contribution in [-0.4, -0.2) is 12.3 Å². The van der Waals surface area contributed by atoms with Crippen molar-refractivity contribution in [3.8, 4) is 0 Å². The quantitative estimate of drug-likeness (QED) is 0.815. The highest BCUT2D eigenvalue weighted by Crippen LogP contribution is 2.16. The number of aryl methyl sites for hydroxylation is 1. The molecule has 0 spiro atoms. The maximum atomic E-state index is 12.7. The van der Waals surface area contributed by atoms with Gasteiger partial charge in [0.05, 0.1) is 0 Å². The third kappa shape index (κ3) is 3.34. The number of hydrogen-bond acceptors (Lipinski definition) is 2. The average molecular weight is 267 g/mol. The molecule has 0 fully saturated rings. The zero-order valence-corrected chi connectivity index (χ0v) is 11.9. The Morgan fingerprint density at radius 1 is 1.05 bits per heavy atom. The summed E-state index contributed by atoms with van der Waals surface area (Å²) in [5.41, 5.74) is 9.40. The Morgan fingerprint density at radius 2 is 1.85 bits per heavy atom. The van der Waals surface area contributed by atoms with Gasteiger partial charge in [0.15, 0.2) is 5.78 Å². The Kier molecular flexibility index (Phi) is 5.08. The summed E-state index contributed by atoms with van der Waals surface area (Å²) >= 11 is 0. The topological polar surface area (TPSA) is 43.1 Å². The number of rotatable bonds is 6. The number of hydrogen-bond donors (Lipinski definition) is 1. The number of carbonyl (C=O) groups excluding carboxylic acids is 1. The first-order chi connectivity index (χ1) is 9.76. The highest BCUT2D eigenvalue weighted by Gasteiger charge is 2.13. The van der Waals surface area contributed by atoms with Gasteiger partial charge in [-0.05, 0) is 36.6 Å². The van der Waals surface area contributed by atoms with E-state index in [4.69, 9.17) is 5.73 Å². The number of nitrogens with two attached hydrogens (primary N) is 1. The summed E-state index contributed by atoms with van der Waals surface area (Å²) in [5, 5.41) is 0. The van der Waals surface area contributed by atoms with E-state index in [-0.39, 0.29) is 5.78 Å². The highest BCUT2D eigenvalue weighted by atomic mass is 16.1. The molecule has 0 aromatic heterocycles. The van der Waals surface area contributed by atoms with Crippen LogP contribution >= 0.6 is 0 Å². The molecular formula is C18H21NO. The lowest BCUT2D eigenvalue weighted by molar-refractivity contribution is 0.103. The van der Waals surface area contributed by atoms with Crippen LogP contribution in [-0.2, 0) is 12.8 Å². The Hall–Kier alpha value is -1.93. The molecule has 0 aliphatic carbocycles. The minimum Gasteiger partial charge on any atom is -0.330 e. The van der Waals surface area contributed by atoms with E-state index < -0.39 is 0 Å². The molecule has 2 aromatic carbocycles. The normalized spacial score (nSPS) is 10.5. The van der Waals surface area contributed by atoms with Crippen molar-refractivity contribution in [3.63, 3.8) is 0 Å². The van der Waals surface area contributed by atoms with Crippen molar-refractivity contribution in [1.29, 1.82) is 0 Å². The molecule has 0 aliphatic rings. The van der Waals surface area contributed by atoms with Crippen LogP contribution in [0.2, 0.25) is 0 Å². The lowest BCUT2D eigenvalue weighted by atomic mass is 9.95. The van der Waals surface area contributed by atoms with Gasteiger partial charge in [0, 0.05) is 11.1 Å². The molecule has 20 heavy (non-hydrogen) atoms. The van der Waals surface area contributed by atoms with Gasteiger partial charge >= 0.3 is 0 Å². The molecule has 2 heteroatoms. The zero-order chi connectivity index (χ0) is 14.4. The molecule has 0 atom stereocenters. The minimum atomic E-state index is 0.0898. The summed E-state index contributed by atoms with van der Waals surface area (Å²) in [5.74, 6) is 0.0898. The molecule has 104 valence electrons. The number of carbonyl (C=O) groups is 1. The maximum Gasteiger partial charge on any atom is 0.193 e. The Labute approximate surface area is 120 Å². The van der Waals surface area contributed by atoms with Crippen molar-refractivity contribution in [2.75, 3.05) is 6.54 Å². The van der Waals surface area contributed by atoms with E-state index in [9.17, 15) is 4.79 Å². The van der Waals surface area contributed by atoms with Crippen LogP contribution in [0.3, 0.4) is 0 Å². The summed E-state index contributed by atoms with van der Waals surface area (Å²) in [7, 11) is 0. The standard InChI is InChI=1S/C18H21NO/c1-2-6-14-7-5-9-16(13-14)18(20)17-10-4-3-8-15(17)11-12-19/h3-5,7-10,13H,2,6,11-12,19H2,1H3. The smallest absolute Gasteiger partial charge is 0.193 e. The van der Waals surface area contributed by atoms with Gasteiger partial charge in [-0.15, -0.1) is 0 Å². The largest absolute Gasteiger partial charge is 0.330 e. The molecule has 0 bridgehead atoms. The van der Waals surface area contributed by atoms with E-state index in [2.05, 4.69) is 13.0 Å². The first-order valence-corrected chi connectivity index (χ1v) is 7.18. The van der Waals surface area contributed by atoms with Crippen molar-refractivity contribution in [1.82, 2.24) is 0 Å². The van der Waals surface area contributed by atoms with Crippen LogP contribution in [0, 0.1) is 0 Å². The number of benzene rings is 2. The van der Waals surface area contributed by atoms with E-state index in [1.165, 1.54) is 5.56 Å². The molecule has 2 rings (SSSR count). The first-order valence-electron chi connectivity index (χ1n) is 7.18. The summed E-state index contributed by atoms with van der Waals surface area (Å²) < 4.78 is 0. The Bertz CT molecular complexity index is 589. The van der Waals surface area contributed by atoms with Crippen LogP contribution in [0.15, 0.2) is 48.5 Å². The van der Waals surface area contributed by atoms with Crippen molar-refractivity contribution in [2.24, 2.45) is 5.73 Å². The lowest BCUT2D eigenvalue weighted by Crippen LogP contribution is -2.10. The maximum absolute atomic E-state index is 12.7. The second-order valence-electron chi connectivity index (χ2n) is 4.98. The molecular weight excluding hydrogens is 246 g/mol. The van der Waals surface area contributed by atoms with Gasteiger partial charge in [0.1, 0.15) is 0 Å². The van der Waals surface area contributed by atoms with Gasteiger partial charge in [-0.25, -0.2) is 0 Å². The second kappa shape index (κ2) is 7.01. The third-order valence-corrected chi connectivity index (χ3v) is 3.40. The van der Waals surface area contributed by atoms with Crippen LogP contribution in [0.25, 0.3) is 0 Å². The predicted molar refractivity (Wildman–Crippen MR) is 83.1 cm³/mol. The average Bonchev–Trinajstić information content (AvgIpc) is 2.48. The van der Waals surface area contributed by atoms with Gasteiger partial charge < -0.3 is 5.73 Å². The minimum absolute atomic E-state index is 0.0898. The fourth-order valence-corrected chi connectivity index (χ4v) is 2.43. The summed E-state index contributed by atoms with van der Waals surface area (Å²) in [6, 6.07) is 15.7. The first kappa shape index (κ1) is 14.5. The van der Waals surface area contributed by atoms with Crippen LogP contribution < -0.4 is 5.73 Å². The van der Waals surface area contributed by atoms with E-state index in [0.717, 1.165) is 36.0 Å². The molecule has 0 aliphatic heterocycles. The van der Waals surface area contributed by atoms with Crippen LogP contribution in [0.1, 0.15) is 40.4 Å². The molecule has 0 saturated carbocycles. The van der Waals surface area contributed by atoms with Gasteiger partial charge in [-0.2, -0.15) is 0 Å². The van der Waals surface area contributed by atoms with Gasteiger partial charge in [-0.1, -0.05) is 55.8 Å². The van der Waals surface area contributed by atoms with Crippen LogP contribution in [0.5, 0.6) is 0 Å². The predicted octanol–water partition coefficient (Wildman–Crippen LogP) is 3.37. The SMILES string of the molecule is CCCc1cccc(C(=O)c2ccccc2CCN)c1. The molecule has 0 radical (unpaired) electrons. The van der Waals surface area contributed by atoms with Crippen molar-refractivity contribution < 1.29 is 4.79 Å². The van der Waals surface area contributed by atoms with Crippen molar-refractivity contribution in [2.45, 2.75) is 26.2 Å². The Balaban J connectivity index is 2.33. The van der Waals surface area contributed by atoms with E-state index >= 15 is 0 Å². The van der Waals surface area contributed by atoms with Gasteiger partial charge in [0.2, 0.25) is 0 Å². The van der Waals surface area contributed by atoms with Crippen molar-refractivity contribution >= 4 is 5.78 Å². The summed E-state index contributed by atoms with van der Waals surface area (Å²) in [4.78, 5) is 12.7. The van der Waals surface area contributed by atoms with Gasteiger partial charge in [-0.3, -0.25) is 4.79 Å². The molecule has 0 amide bonds. The molecule has 0 saturated heterocycles. The molecule has 0 unspecified atom stereocenters. The molecule has 2 aromatic rings. The lowest BCUT2D eigenvalue weighted by Gasteiger charge is -2.09. The van der Waals surface area contributed by atoms with E-state index in [1.54, 1.807) is 0 Å². The molecule has 0 heterocycles. The number of ketones is 1. The Morgan fingerprint density at radius 3 is 2.60 bits per heavy atom. The zero-order valence-electron chi connectivity index (χ0n) is 11.9. The van der Waals surface area contributed by atoms with E-state index in [1.807, 2.05) is 42.5 Å². The highest BCUT2D eigenvalue weighted by molar-refractivity contribution is 6.10. The van der Waals surface area contributed by atoms with Crippen LogP contribution in [0.4, 0.5) is 0 Å².